The molecule has 1 heterocycles. The number of benzene rings is 1. The summed E-state index contributed by atoms with van der Waals surface area (Å²) in [7, 11) is 1.64. The van der Waals surface area contributed by atoms with E-state index in [0.29, 0.717) is 5.88 Å². The number of nitrogens with one attached hydrogen (secondary N) is 1. The van der Waals surface area contributed by atoms with Crippen molar-refractivity contribution < 1.29 is 9.47 Å². The Morgan fingerprint density at radius 3 is 2.53 bits per heavy atom. The maximum Gasteiger partial charge on any atom is 0.223 e. The smallest absolute Gasteiger partial charge is 0.223 e. The van der Waals surface area contributed by atoms with E-state index in [4.69, 9.17) is 9.47 Å². The van der Waals surface area contributed by atoms with Gasteiger partial charge < -0.3 is 14.8 Å². The van der Waals surface area contributed by atoms with Crippen molar-refractivity contribution in [1.82, 2.24) is 10.3 Å². The molecule has 0 spiro atoms. The fourth-order valence-electron chi connectivity index (χ4n) is 1.67. The first-order valence-corrected chi connectivity index (χ1v) is 6.30. The Morgan fingerprint density at radius 2 is 1.84 bits per heavy atom. The molecule has 1 N–H and O–H groups in total. The van der Waals surface area contributed by atoms with Crippen molar-refractivity contribution in [3.8, 4) is 17.4 Å². The summed E-state index contributed by atoms with van der Waals surface area (Å²) in [6.07, 6.45) is 1.73. The summed E-state index contributed by atoms with van der Waals surface area (Å²) in [6.45, 7) is 3.73. The first kappa shape index (κ1) is 13.4. The molecule has 0 bridgehead atoms. The van der Waals surface area contributed by atoms with E-state index < -0.39 is 0 Å². The van der Waals surface area contributed by atoms with E-state index in [2.05, 4.69) is 17.2 Å². The van der Waals surface area contributed by atoms with Gasteiger partial charge in [-0.2, -0.15) is 0 Å². The van der Waals surface area contributed by atoms with Gasteiger partial charge in [-0.3, -0.25) is 0 Å². The molecule has 1 aromatic carbocycles. The second-order valence-electron chi connectivity index (χ2n) is 4.03. The van der Waals surface area contributed by atoms with Gasteiger partial charge in [-0.05, 0) is 36.9 Å². The summed E-state index contributed by atoms with van der Waals surface area (Å²) in [4.78, 5) is 4.28. The van der Waals surface area contributed by atoms with E-state index in [0.717, 1.165) is 30.2 Å². The topological polar surface area (TPSA) is 43.4 Å². The fraction of sp³-hybridized carbons (Fsp3) is 0.267. The lowest BCUT2D eigenvalue weighted by Crippen LogP contribution is -2.12. The molecule has 19 heavy (non-hydrogen) atoms. The third kappa shape index (κ3) is 3.69. The first-order valence-electron chi connectivity index (χ1n) is 6.30. The van der Waals surface area contributed by atoms with Gasteiger partial charge in [-0.15, -0.1) is 0 Å². The third-order valence-corrected chi connectivity index (χ3v) is 2.69. The minimum Gasteiger partial charge on any atom is -0.497 e. The highest BCUT2D eigenvalue weighted by Gasteiger charge is 2.05. The van der Waals surface area contributed by atoms with Gasteiger partial charge in [0.1, 0.15) is 11.5 Å². The molecule has 0 fully saturated rings. The molecule has 2 aromatic rings. The second kappa shape index (κ2) is 6.75. The van der Waals surface area contributed by atoms with Gasteiger partial charge >= 0.3 is 0 Å². The zero-order valence-electron chi connectivity index (χ0n) is 11.2. The molecular weight excluding hydrogens is 240 g/mol. The van der Waals surface area contributed by atoms with Crippen molar-refractivity contribution >= 4 is 0 Å². The van der Waals surface area contributed by atoms with Crippen molar-refractivity contribution in [2.45, 2.75) is 13.5 Å². The van der Waals surface area contributed by atoms with Gasteiger partial charge in [-0.1, -0.05) is 13.0 Å². The number of aromatic nitrogens is 1. The van der Waals surface area contributed by atoms with Crippen LogP contribution in [0.1, 0.15) is 12.5 Å². The highest BCUT2D eigenvalue weighted by atomic mass is 16.5. The molecule has 0 amide bonds. The molecule has 4 heteroatoms. The zero-order valence-corrected chi connectivity index (χ0v) is 11.2. The van der Waals surface area contributed by atoms with Crippen molar-refractivity contribution in [3.05, 3.63) is 48.2 Å². The average Bonchev–Trinajstić information content (AvgIpc) is 2.47. The summed E-state index contributed by atoms with van der Waals surface area (Å²) in [6, 6.07) is 11.4. The Hall–Kier alpha value is -2.07. The van der Waals surface area contributed by atoms with E-state index in [1.54, 1.807) is 13.3 Å². The molecular formula is C15H18N2O2. The molecule has 0 saturated heterocycles. The standard InChI is InChI=1S/C15H18N2O2/c1-3-16-11-12-5-4-10-17-15(12)19-14-8-6-13(18-2)7-9-14/h4-10,16H,3,11H2,1-2H3. The number of rotatable bonds is 6. The number of hydrogen-bond acceptors (Lipinski definition) is 4. The highest BCUT2D eigenvalue weighted by Crippen LogP contribution is 2.24. The van der Waals surface area contributed by atoms with Crippen LogP contribution in [0, 0.1) is 0 Å². The maximum absolute atomic E-state index is 5.80. The van der Waals surface area contributed by atoms with Crippen LogP contribution in [0.3, 0.4) is 0 Å². The number of hydrogen-bond donors (Lipinski definition) is 1. The molecule has 100 valence electrons. The van der Waals surface area contributed by atoms with Crippen LogP contribution in [0.4, 0.5) is 0 Å². The van der Waals surface area contributed by atoms with Gasteiger partial charge in [0.2, 0.25) is 5.88 Å². The van der Waals surface area contributed by atoms with Gasteiger partial charge in [0.15, 0.2) is 0 Å². The Kier molecular flexibility index (Phi) is 4.75. The van der Waals surface area contributed by atoms with Crippen molar-refractivity contribution in [3.63, 3.8) is 0 Å². The summed E-state index contributed by atoms with van der Waals surface area (Å²) in [5.74, 6) is 2.19. The molecule has 0 aliphatic heterocycles. The van der Waals surface area contributed by atoms with Crippen LogP contribution < -0.4 is 14.8 Å². The van der Waals surface area contributed by atoms with Crippen molar-refractivity contribution in [1.29, 1.82) is 0 Å². The molecule has 1 aromatic heterocycles. The molecule has 0 saturated carbocycles. The Balaban J connectivity index is 2.12. The lowest BCUT2D eigenvalue weighted by Gasteiger charge is -2.10. The normalized spacial score (nSPS) is 10.2. The summed E-state index contributed by atoms with van der Waals surface area (Å²) in [5.41, 5.74) is 1.04. The quantitative estimate of drug-likeness (QED) is 0.865. The average molecular weight is 258 g/mol. The summed E-state index contributed by atoms with van der Waals surface area (Å²) < 4.78 is 10.9. The molecule has 0 unspecified atom stereocenters. The van der Waals surface area contributed by atoms with Crippen LogP contribution in [-0.2, 0) is 6.54 Å². The second-order valence-corrected chi connectivity index (χ2v) is 4.03. The molecule has 0 atom stereocenters. The van der Waals surface area contributed by atoms with Gasteiger partial charge in [0.25, 0.3) is 0 Å². The number of methoxy groups -OCH3 is 1. The SMILES string of the molecule is CCNCc1cccnc1Oc1ccc(OC)cc1. The maximum atomic E-state index is 5.80. The van der Waals surface area contributed by atoms with E-state index in [1.807, 2.05) is 36.4 Å². The van der Waals surface area contributed by atoms with E-state index in [1.165, 1.54) is 0 Å². The monoisotopic (exact) mass is 258 g/mol. The zero-order chi connectivity index (χ0) is 13.5. The van der Waals surface area contributed by atoms with E-state index >= 15 is 0 Å². The molecule has 4 nitrogen and oxygen atoms in total. The summed E-state index contributed by atoms with van der Waals surface area (Å²) >= 11 is 0. The van der Waals surface area contributed by atoms with Crippen LogP contribution in [0.2, 0.25) is 0 Å². The Labute approximate surface area is 113 Å². The molecule has 0 aliphatic carbocycles. The number of pyridine rings is 1. The lowest BCUT2D eigenvalue weighted by atomic mass is 10.2. The largest absolute Gasteiger partial charge is 0.497 e. The number of ether oxygens (including phenoxy) is 2. The van der Waals surface area contributed by atoms with Crippen LogP contribution in [-0.4, -0.2) is 18.6 Å². The highest BCUT2D eigenvalue weighted by molar-refractivity contribution is 5.35. The van der Waals surface area contributed by atoms with Crippen LogP contribution >= 0.6 is 0 Å². The lowest BCUT2D eigenvalue weighted by molar-refractivity contribution is 0.411. The van der Waals surface area contributed by atoms with Crippen LogP contribution in [0.15, 0.2) is 42.6 Å². The molecule has 2 rings (SSSR count). The van der Waals surface area contributed by atoms with Gasteiger partial charge in [-0.25, -0.2) is 4.98 Å². The van der Waals surface area contributed by atoms with Gasteiger partial charge in [0, 0.05) is 18.3 Å². The van der Waals surface area contributed by atoms with E-state index in [-0.39, 0.29) is 0 Å². The first-order chi connectivity index (χ1) is 9.33. The van der Waals surface area contributed by atoms with Gasteiger partial charge in [0.05, 0.1) is 7.11 Å². The van der Waals surface area contributed by atoms with Crippen molar-refractivity contribution in [2.24, 2.45) is 0 Å². The predicted octanol–water partition coefficient (Wildman–Crippen LogP) is 2.99. The van der Waals surface area contributed by atoms with Crippen LogP contribution in [0.25, 0.3) is 0 Å². The number of nitrogens with zero attached hydrogens (tertiary/aromatic N) is 1. The molecule has 0 radical (unpaired) electrons. The Morgan fingerprint density at radius 1 is 1.11 bits per heavy atom. The molecule has 0 aliphatic rings. The minimum atomic E-state index is 0.633. The van der Waals surface area contributed by atoms with Crippen molar-refractivity contribution in [2.75, 3.05) is 13.7 Å². The fourth-order valence-corrected chi connectivity index (χ4v) is 1.67. The summed E-state index contributed by atoms with van der Waals surface area (Å²) in [5, 5.41) is 3.27. The predicted molar refractivity (Wildman–Crippen MR) is 74.7 cm³/mol. The van der Waals surface area contributed by atoms with E-state index in [9.17, 15) is 0 Å². The third-order valence-electron chi connectivity index (χ3n) is 2.69. The van der Waals surface area contributed by atoms with Crippen LogP contribution in [0.5, 0.6) is 17.4 Å². The Bertz CT molecular complexity index is 512. The minimum absolute atomic E-state index is 0.633.